The lowest BCUT2D eigenvalue weighted by Crippen LogP contribution is -2.28. The highest BCUT2D eigenvalue weighted by Gasteiger charge is 2.07. The predicted octanol–water partition coefficient (Wildman–Crippen LogP) is 3.98. The quantitative estimate of drug-likeness (QED) is 0.694. The van der Waals surface area contributed by atoms with Crippen molar-refractivity contribution in [2.45, 2.75) is 6.92 Å². The summed E-state index contributed by atoms with van der Waals surface area (Å²) in [5.41, 5.74) is 2.39. The van der Waals surface area contributed by atoms with E-state index in [-0.39, 0.29) is 11.8 Å². The van der Waals surface area contributed by atoms with Crippen LogP contribution in [0.4, 0.5) is 14.3 Å². The maximum atomic E-state index is 12.9. The fourth-order valence-corrected chi connectivity index (χ4v) is 2.94. The molecule has 24 heavy (non-hydrogen) atoms. The Bertz CT molecular complexity index is 938. The van der Waals surface area contributed by atoms with Gasteiger partial charge in [-0.15, -0.1) is 0 Å². The van der Waals surface area contributed by atoms with E-state index in [2.05, 4.69) is 27.5 Å². The van der Waals surface area contributed by atoms with Gasteiger partial charge in [-0.05, 0) is 49.4 Å². The minimum Gasteiger partial charge on any atom is -0.338 e. The summed E-state index contributed by atoms with van der Waals surface area (Å²) in [6.45, 7) is 2.41. The molecule has 0 bridgehead atoms. The summed E-state index contributed by atoms with van der Waals surface area (Å²) in [6.07, 6.45) is 0. The van der Waals surface area contributed by atoms with Gasteiger partial charge in [0.2, 0.25) is 0 Å². The zero-order valence-electron chi connectivity index (χ0n) is 12.9. The molecule has 0 radical (unpaired) electrons. The van der Waals surface area contributed by atoms with Gasteiger partial charge in [-0.1, -0.05) is 23.2 Å². The summed E-state index contributed by atoms with van der Waals surface area (Å²) in [4.78, 5) is 15.9. The van der Waals surface area contributed by atoms with E-state index in [1.165, 1.54) is 23.5 Å². The standard InChI is InChI=1S/C18H14FN3OS/c1-2-20-17(23)22-18-21-15-10-7-13(11-16(15)24-18)4-3-12-5-8-14(19)9-6-12/h5-11H,2H2,1H3,(H2,20,21,22,23). The van der Waals surface area contributed by atoms with Crippen LogP contribution >= 0.6 is 11.3 Å². The molecule has 0 unspecified atom stereocenters. The monoisotopic (exact) mass is 339 g/mol. The van der Waals surface area contributed by atoms with Gasteiger partial charge >= 0.3 is 6.03 Å². The smallest absolute Gasteiger partial charge is 0.321 e. The third-order valence-corrected chi connectivity index (χ3v) is 4.08. The molecule has 0 atom stereocenters. The number of nitrogens with zero attached hydrogens (tertiary/aromatic N) is 1. The minimum atomic E-state index is -0.279. The minimum absolute atomic E-state index is 0.270. The van der Waals surface area contributed by atoms with Crippen molar-refractivity contribution in [3.8, 4) is 11.8 Å². The largest absolute Gasteiger partial charge is 0.338 e. The maximum Gasteiger partial charge on any atom is 0.321 e. The average Bonchev–Trinajstić information content (AvgIpc) is 2.95. The lowest BCUT2D eigenvalue weighted by Gasteiger charge is -2.00. The van der Waals surface area contributed by atoms with Crippen molar-refractivity contribution in [1.82, 2.24) is 10.3 Å². The molecule has 3 aromatic rings. The van der Waals surface area contributed by atoms with Gasteiger partial charge in [0.05, 0.1) is 10.2 Å². The highest BCUT2D eigenvalue weighted by molar-refractivity contribution is 7.22. The number of anilines is 1. The molecule has 1 heterocycles. The number of hydrogen-bond donors (Lipinski definition) is 2. The first-order valence-corrected chi connectivity index (χ1v) is 8.19. The van der Waals surface area contributed by atoms with Crippen LogP contribution in [0.1, 0.15) is 18.1 Å². The molecule has 0 saturated carbocycles. The zero-order chi connectivity index (χ0) is 16.9. The van der Waals surface area contributed by atoms with Crippen molar-refractivity contribution in [1.29, 1.82) is 0 Å². The first-order chi connectivity index (χ1) is 11.6. The van der Waals surface area contributed by atoms with Crippen molar-refractivity contribution < 1.29 is 9.18 Å². The molecule has 2 amide bonds. The van der Waals surface area contributed by atoms with Crippen LogP contribution in [0.15, 0.2) is 42.5 Å². The third kappa shape index (κ3) is 3.89. The summed E-state index contributed by atoms with van der Waals surface area (Å²) >= 11 is 1.39. The first kappa shape index (κ1) is 16.0. The molecule has 6 heteroatoms. The molecule has 120 valence electrons. The van der Waals surface area contributed by atoms with Crippen LogP contribution in [-0.2, 0) is 0 Å². The lowest BCUT2D eigenvalue weighted by molar-refractivity contribution is 0.252. The number of hydrogen-bond acceptors (Lipinski definition) is 3. The summed E-state index contributed by atoms with van der Waals surface area (Å²) in [5.74, 6) is 5.77. The normalized spacial score (nSPS) is 10.1. The van der Waals surface area contributed by atoms with E-state index in [1.807, 2.05) is 25.1 Å². The topological polar surface area (TPSA) is 54.0 Å². The summed E-state index contributed by atoms with van der Waals surface area (Å²) in [5, 5.41) is 5.90. The van der Waals surface area contributed by atoms with Crippen molar-refractivity contribution in [2.24, 2.45) is 0 Å². The second-order valence-electron chi connectivity index (χ2n) is 4.94. The Balaban J connectivity index is 1.81. The maximum absolute atomic E-state index is 12.9. The molecule has 1 aromatic heterocycles. The van der Waals surface area contributed by atoms with E-state index in [4.69, 9.17) is 0 Å². The number of halogens is 1. The fourth-order valence-electron chi connectivity index (χ4n) is 2.04. The number of fused-ring (bicyclic) bond motifs is 1. The van der Waals surface area contributed by atoms with E-state index in [0.717, 1.165) is 21.3 Å². The molecule has 4 nitrogen and oxygen atoms in total. The number of nitrogens with one attached hydrogen (secondary N) is 2. The summed E-state index contributed by atoms with van der Waals surface area (Å²) < 4.78 is 13.8. The number of amides is 2. The number of carbonyl (C=O) groups is 1. The number of aromatic nitrogens is 1. The van der Waals surface area contributed by atoms with Crippen LogP contribution in [0, 0.1) is 17.7 Å². The van der Waals surface area contributed by atoms with Crippen LogP contribution in [-0.4, -0.2) is 17.6 Å². The van der Waals surface area contributed by atoms with Crippen LogP contribution < -0.4 is 10.6 Å². The van der Waals surface area contributed by atoms with E-state index in [9.17, 15) is 9.18 Å². The molecule has 2 N–H and O–H groups in total. The number of urea groups is 1. The van der Waals surface area contributed by atoms with E-state index < -0.39 is 0 Å². The SMILES string of the molecule is CCNC(=O)Nc1nc2ccc(C#Cc3ccc(F)cc3)cc2s1. The highest BCUT2D eigenvalue weighted by Crippen LogP contribution is 2.26. The highest BCUT2D eigenvalue weighted by atomic mass is 32.1. The molecule has 3 rings (SSSR count). The van der Waals surface area contributed by atoms with Crippen LogP contribution in [0.3, 0.4) is 0 Å². The van der Waals surface area contributed by atoms with Crippen LogP contribution in [0.5, 0.6) is 0 Å². The van der Waals surface area contributed by atoms with Crippen LogP contribution in [0.25, 0.3) is 10.2 Å². The van der Waals surface area contributed by atoms with Crippen molar-refractivity contribution in [2.75, 3.05) is 11.9 Å². The van der Waals surface area contributed by atoms with Gasteiger partial charge in [0, 0.05) is 17.7 Å². The first-order valence-electron chi connectivity index (χ1n) is 7.37. The number of thiazole rings is 1. The molecule has 0 aliphatic rings. The second-order valence-corrected chi connectivity index (χ2v) is 5.97. The summed E-state index contributed by atoms with van der Waals surface area (Å²) in [7, 11) is 0. The number of rotatable bonds is 2. The molecule has 0 fully saturated rings. The molecule has 0 aliphatic heterocycles. The van der Waals surface area contributed by atoms with Crippen molar-refractivity contribution in [3.63, 3.8) is 0 Å². The molecular formula is C18H14FN3OS. The number of carbonyl (C=O) groups excluding carboxylic acids is 1. The van der Waals surface area contributed by atoms with E-state index in [1.54, 1.807) is 12.1 Å². The van der Waals surface area contributed by atoms with Gasteiger partial charge in [-0.3, -0.25) is 5.32 Å². The second kappa shape index (κ2) is 7.11. The summed E-state index contributed by atoms with van der Waals surface area (Å²) in [6, 6.07) is 11.4. The Morgan fingerprint density at radius 1 is 1.17 bits per heavy atom. The van der Waals surface area contributed by atoms with Gasteiger partial charge in [0.25, 0.3) is 0 Å². The third-order valence-electron chi connectivity index (χ3n) is 3.14. The molecule has 0 aliphatic carbocycles. The Labute approximate surface area is 142 Å². The molecule has 0 spiro atoms. The predicted molar refractivity (Wildman–Crippen MR) is 94.7 cm³/mol. The molecular weight excluding hydrogens is 325 g/mol. The van der Waals surface area contributed by atoms with Crippen molar-refractivity contribution in [3.05, 3.63) is 59.4 Å². The molecule has 2 aromatic carbocycles. The lowest BCUT2D eigenvalue weighted by atomic mass is 10.2. The Hall–Kier alpha value is -2.91. The Morgan fingerprint density at radius 3 is 2.62 bits per heavy atom. The molecule has 0 saturated heterocycles. The van der Waals surface area contributed by atoms with Gasteiger partial charge in [0.15, 0.2) is 5.13 Å². The Kier molecular flexibility index (Phi) is 4.73. The van der Waals surface area contributed by atoms with Gasteiger partial charge in [-0.2, -0.15) is 0 Å². The van der Waals surface area contributed by atoms with Crippen molar-refractivity contribution >= 4 is 32.7 Å². The van der Waals surface area contributed by atoms with Gasteiger partial charge in [0.1, 0.15) is 5.82 Å². The van der Waals surface area contributed by atoms with E-state index in [0.29, 0.717) is 11.7 Å². The average molecular weight is 339 g/mol. The van der Waals surface area contributed by atoms with Gasteiger partial charge in [-0.25, -0.2) is 14.2 Å². The zero-order valence-corrected chi connectivity index (χ0v) is 13.7. The van der Waals surface area contributed by atoms with E-state index >= 15 is 0 Å². The fraction of sp³-hybridized carbons (Fsp3) is 0.111. The van der Waals surface area contributed by atoms with Gasteiger partial charge < -0.3 is 5.32 Å². The van der Waals surface area contributed by atoms with Crippen LogP contribution in [0.2, 0.25) is 0 Å². The number of benzene rings is 2. The Morgan fingerprint density at radius 2 is 1.88 bits per heavy atom.